The van der Waals surface area contributed by atoms with Gasteiger partial charge in [0, 0.05) is 24.3 Å². The number of aromatic nitrogens is 2. The van der Waals surface area contributed by atoms with Crippen LogP contribution in [0.3, 0.4) is 0 Å². The number of amides is 1. The molecule has 1 amide bonds. The lowest BCUT2D eigenvalue weighted by atomic mass is 10.0. The number of benzene rings is 2. The van der Waals surface area contributed by atoms with Gasteiger partial charge in [0.05, 0.1) is 25.0 Å². The van der Waals surface area contributed by atoms with Crippen LogP contribution in [0.5, 0.6) is 0 Å². The smallest absolute Gasteiger partial charge is 0.326 e. The number of halogens is 1. The maximum atomic E-state index is 13.2. The van der Waals surface area contributed by atoms with Crippen molar-refractivity contribution in [1.82, 2.24) is 14.5 Å². The molecule has 0 fully saturated rings. The highest BCUT2D eigenvalue weighted by molar-refractivity contribution is 6.31. The Kier molecular flexibility index (Phi) is 9.91. The third kappa shape index (κ3) is 7.18. The van der Waals surface area contributed by atoms with Crippen molar-refractivity contribution in [2.24, 2.45) is 0 Å². The largest absolute Gasteiger partial charge is 0.480 e. The molecule has 186 valence electrons. The zero-order chi connectivity index (χ0) is 25.2. The molecular weight excluding hydrogens is 462 g/mol. The summed E-state index contributed by atoms with van der Waals surface area (Å²) >= 11 is 6.45. The van der Waals surface area contributed by atoms with Crippen LogP contribution in [-0.2, 0) is 35.5 Å². The van der Waals surface area contributed by atoms with Gasteiger partial charge in [0.1, 0.15) is 11.9 Å². The molecule has 3 rings (SSSR count). The van der Waals surface area contributed by atoms with Crippen molar-refractivity contribution in [1.29, 1.82) is 0 Å². The number of aryl methyl sites for hydroxylation is 1. The van der Waals surface area contributed by atoms with Gasteiger partial charge in [-0.1, -0.05) is 80.4 Å². The Labute approximate surface area is 212 Å². The Morgan fingerprint density at radius 3 is 2.43 bits per heavy atom. The van der Waals surface area contributed by atoms with E-state index in [0.29, 0.717) is 24.4 Å². The van der Waals surface area contributed by atoms with E-state index in [1.54, 1.807) is 6.20 Å². The topological polar surface area (TPSA) is 75.4 Å². The molecule has 0 aliphatic heterocycles. The molecular formula is C28H34ClN3O3. The Morgan fingerprint density at radius 1 is 1.06 bits per heavy atom. The fourth-order valence-electron chi connectivity index (χ4n) is 4.18. The Balaban J connectivity index is 1.98. The van der Waals surface area contributed by atoms with Crippen molar-refractivity contribution >= 4 is 23.5 Å². The fourth-order valence-corrected chi connectivity index (χ4v) is 4.37. The highest BCUT2D eigenvalue weighted by atomic mass is 35.5. The van der Waals surface area contributed by atoms with Crippen LogP contribution in [0.15, 0.2) is 60.8 Å². The average Bonchev–Trinajstić information content (AvgIpc) is 3.22. The standard InChI is InChI=1S/C28H34ClN3O3/c1-3-5-16-26-30-18-23(31(26)19-22-14-9-10-15-24(22)29)20-32(27(33)11-4-2)25(28(34)35)17-21-12-7-6-8-13-21/h6-10,12-15,18,25H,3-5,11,16-17,19-20H2,1-2H3,(H,34,35)/t25-/m0/s1. The van der Waals surface area contributed by atoms with Crippen molar-refractivity contribution < 1.29 is 14.7 Å². The van der Waals surface area contributed by atoms with Gasteiger partial charge in [0.25, 0.3) is 0 Å². The van der Waals surface area contributed by atoms with Crippen LogP contribution in [0.2, 0.25) is 5.02 Å². The second-order valence-corrected chi connectivity index (χ2v) is 9.17. The Hall–Kier alpha value is -3.12. The third-order valence-corrected chi connectivity index (χ3v) is 6.48. The summed E-state index contributed by atoms with van der Waals surface area (Å²) in [5, 5.41) is 10.8. The predicted molar refractivity (Wildman–Crippen MR) is 138 cm³/mol. The van der Waals surface area contributed by atoms with E-state index in [1.807, 2.05) is 61.5 Å². The van der Waals surface area contributed by atoms with Gasteiger partial charge in [-0.15, -0.1) is 0 Å². The molecule has 0 spiro atoms. The van der Waals surface area contributed by atoms with Crippen LogP contribution in [0, 0.1) is 0 Å². The van der Waals surface area contributed by atoms with Gasteiger partial charge >= 0.3 is 5.97 Å². The van der Waals surface area contributed by atoms with Gasteiger partial charge in [-0.3, -0.25) is 4.79 Å². The first-order valence-corrected chi connectivity index (χ1v) is 12.6. The maximum Gasteiger partial charge on any atom is 0.326 e. The molecule has 0 bridgehead atoms. The van der Waals surface area contributed by atoms with Gasteiger partial charge in [-0.2, -0.15) is 0 Å². The van der Waals surface area contributed by atoms with E-state index >= 15 is 0 Å². The summed E-state index contributed by atoms with van der Waals surface area (Å²) in [6.45, 7) is 4.74. The van der Waals surface area contributed by atoms with Gasteiger partial charge < -0.3 is 14.6 Å². The van der Waals surface area contributed by atoms with Crippen molar-refractivity contribution in [3.63, 3.8) is 0 Å². The summed E-state index contributed by atoms with van der Waals surface area (Å²) in [6.07, 6.45) is 5.78. The minimum absolute atomic E-state index is 0.170. The summed E-state index contributed by atoms with van der Waals surface area (Å²) < 4.78 is 2.09. The van der Waals surface area contributed by atoms with E-state index in [0.717, 1.165) is 41.9 Å². The minimum atomic E-state index is -1.01. The predicted octanol–water partition coefficient (Wildman–Crippen LogP) is 5.75. The first-order valence-electron chi connectivity index (χ1n) is 12.3. The van der Waals surface area contributed by atoms with E-state index in [9.17, 15) is 14.7 Å². The van der Waals surface area contributed by atoms with Crippen molar-refractivity contribution in [3.8, 4) is 0 Å². The first kappa shape index (κ1) is 26.5. The second-order valence-electron chi connectivity index (χ2n) is 8.76. The fraction of sp³-hybridized carbons (Fsp3) is 0.393. The molecule has 1 aromatic heterocycles. The molecule has 35 heavy (non-hydrogen) atoms. The zero-order valence-electron chi connectivity index (χ0n) is 20.5. The number of unbranched alkanes of at least 4 members (excludes halogenated alkanes) is 1. The SMILES string of the molecule is CCCCc1ncc(CN(C(=O)CCC)[C@@H](Cc2ccccc2)C(=O)O)n1Cc1ccccc1Cl. The monoisotopic (exact) mass is 495 g/mol. The lowest BCUT2D eigenvalue weighted by Gasteiger charge is -2.30. The summed E-state index contributed by atoms with van der Waals surface area (Å²) in [5.41, 5.74) is 2.64. The van der Waals surface area contributed by atoms with Crippen LogP contribution >= 0.6 is 11.6 Å². The molecule has 0 saturated heterocycles. The number of carboxylic acid groups (broad SMARTS) is 1. The third-order valence-electron chi connectivity index (χ3n) is 6.11. The molecule has 0 saturated carbocycles. The number of hydrogen-bond acceptors (Lipinski definition) is 3. The molecule has 0 aliphatic carbocycles. The van der Waals surface area contributed by atoms with Crippen LogP contribution < -0.4 is 0 Å². The maximum absolute atomic E-state index is 13.2. The summed E-state index contributed by atoms with van der Waals surface area (Å²) in [5.74, 6) is -0.266. The summed E-state index contributed by atoms with van der Waals surface area (Å²) in [7, 11) is 0. The van der Waals surface area contributed by atoms with Crippen LogP contribution in [0.1, 0.15) is 62.2 Å². The van der Waals surface area contributed by atoms with E-state index in [2.05, 4.69) is 16.5 Å². The number of aliphatic carboxylic acids is 1. The number of imidazole rings is 1. The molecule has 0 aliphatic rings. The number of carbonyl (C=O) groups is 2. The second kappa shape index (κ2) is 13.1. The number of rotatable bonds is 13. The normalized spacial score (nSPS) is 11.9. The molecule has 1 heterocycles. The van der Waals surface area contributed by atoms with Gasteiger partial charge in [0.15, 0.2) is 0 Å². The molecule has 0 unspecified atom stereocenters. The number of carboxylic acids is 1. The van der Waals surface area contributed by atoms with E-state index < -0.39 is 12.0 Å². The number of carbonyl (C=O) groups excluding carboxylic acids is 1. The highest BCUT2D eigenvalue weighted by Crippen LogP contribution is 2.22. The van der Waals surface area contributed by atoms with Gasteiger partial charge in [0.2, 0.25) is 5.91 Å². The summed E-state index contributed by atoms with van der Waals surface area (Å²) in [4.78, 5) is 31.7. The summed E-state index contributed by atoms with van der Waals surface area (Å²) in [6, 6.07) is 16.1. The molecule has 6 nitrogen and oxygen atoms in total. The van der Waals surface area contributed by atoms with Gasteiger partial charge in [-0.25, -0.2) is 9.78 Å². The molecule has 1 N–H and O–H groups in total. The van der Waals surface area contributed by atoms with Gasteiger partial charge in [-0.05, 0) is 30.0 Å². The molecule has 7 heteroatoms. The quantitative estimate of drug-likeness (QED) is 0.327. The molecule has 1 atom stereocenters. The lowest BCUT2D eigenvalue weighted by Crippen LogP contribution is -2.46. The van der Waals surface area contributed by atoms with E-state index in [1.165, 1.54) is 4.90 Å². The van der Waals surface area contributed by atoms with E-state index in [4.69, 9.17) is 11.6 Å². The zero-order valence-corrected chi connectivity index (χ0v) is 21.2. The number of hydrogen-bond donors (Lipinski definition) is 1. The number of nitrogens with zero attached hydrogens (tertiary/aromatic N) is 3. The van der Waals surface area contributed by atoms with Crippen LogP contribution in [0.4, 0.5) is 0 Å². The molecule has 2 aromatic carbocycles. The average molecular weight is 496 g/mol. The van der Waals surface area contributed by atoms with E-state index in [-0.39, 0.29) is 18.9 Å². The first-order chi connectivity index (χ1) is 16.9. The minimum Gasteiger partial charge on any atom is -0.480 e. The Morgan fingerprint density at radius 2 is 1.77 bits per heavy atom. The lowest BCUT2D eigenvalue weighted by molar-refractivity contribution is -0.151. The van der Waals surface area contributed by atoms with Crippen molar-refractivity contribution in [2.45, 2.75) is 71.5 Å². The van der Waals surface area contributed by atoms with Crippen molar-refractivity contribution in [2.75, 3.05) is 0 Å². The Bertz CT molecular complexity index is 1110. The van der Waals surface area contributed by atoms with Crippen LogP contribution in [-0.4, -0.2) is 37.5 Å². The van der Waals surface area contributed by atoms with Crippen LogP contribution in [0.25, 0.3) is 0 Å². The molecule has 0 radical (unpaired) electrons. The van der Waals surface area contributed by atoms with Crippen molar-refractivity contribution in [3.05, 3.63) is 88.5 Å². The highest BCUT2D eigenvalue weighted by Gasteiger charge is 2.30. The molecule has 3 aromatic rings.